The van der Waals surface area contributed by atoms with Crippen LogP contribution in [0.3, 0.4) is 0 Å². The largest absolute Gasteiger partial charge is 0.340 e. The summed E-state index contributed by atoms with van der Waals surface area (Å²) in [6.45, 7) is 4.09. The number of piperidine rings is 1. The van der Waals surface area contributed by atoms with Gasteiger partial charge in [-0.05, 0) is 62.7 Å². The Bertz CT molecular complexity index is 506. The Morgan fingerprint density at radius 3 is 2.52 bits per heavy atom. The van der Waals surface area contributed by atoms with Gasteiger partial charge in [0.25, 0.3) is 5.91 Å². The minimum absolute atomic E-state index is 0.257. The van der Waals surface area contributed by atoms with Crippen molar-refractivity contribution in [1.82, 2.24) is 14.8 Å². The molecule has 0 bridgehead atoms. The first-order valence-corrected chi connectivity index (χ1v) is 8.50. The molecule has 1 N–H and O–H groups in total. The summed E-state index contributed by atoms with van der Waals surface area (Å²) in [7, 11) is 0. The second kappa shape index (κ2) is 5.48. The third-order valence-electron chi connectivity index (χ3n) is 5.71. The lowest BCUT2D eigenvalue weighted by atomic mass is 10.0. The summed E-state index contributed by atoms with van der Waals surface area (Å²) in [5.41, 5.74) is 0.905. The van der Waals surface area contributed by atoms with Crippen molar-refractivity contribution in [2.24, 2.45) is 11.8 Å². The van der Waals surface area contributed by atoms with E-state index in [-0.39, 0.29) is 5.91 Å². The van der Waals surface area contributed by atoms with E-state index < -0.39 is 0 Å². The van der Waals surface area contributed by atoms with Crippen LogP contribution in [0.5, 0.6) is 0 Å². The van der Waals surface area contributed by atoms with Crippen molar-refractivity contribution in [2.75, 3.05) is 26.2 Å². The lowest BCUT2D eigenvalue weighted by Crippen LogP contribution is -2.34. The first kappa shape index (κ1) is 13.4. The summed E-state index contributed by atoms with van der Waals surface area (Å²) in [6, 6.07) is 4.53. The van der Waals surface area contributed by atoms with Gasteiger partial charge in [0.1, 0.15) is 5.69 Å². The molecule has 2 aliphatic heterocycles. The summed E-state index contributed by atoms with van der Waals surface area (Å²) in [5, 5.41) is 3.40. The zero-order valence-corrected chi connectivity index (χ0v) is 12.6. The number of hydrogen-bond donors (Lipinski definition) is 1. The number of likely N-dealkylation sites (tertiary alicyclic amines) is 1. The molecule has 0 aromatic carbocycles. The second-order valence-electron chi connectivity index (χ2n) is 6.94. The van der Waals surface area contributed by atoms with Gasteiger partial charge in [0, 0.05) is 25.3 Å². The maximum atomic E-state index is 12.9. The summed E-state index contributed by atoms with van der Waals surface area (Å²) in [6.07, 6.45) is 8.36. The number of amides is 1. The van der Waals surface area contributed by atoms with E-state index in [0.29, 0.717) is 6.04 Å². The Balaban J connectivity index is 1.51. The lowest BCUT2D eigenvalue weighted by molar-refractivity contribution is 0.0766. The van der Waals surface area contributed by atoms with Crippen molar-refractivity contribution in [3.05, 3.63) is 24.0 Å². The van der Waals surface area contributed by atoms with Gasteiger partial charge >= 0.3 is 0 Å². The van der Waals surface area contributed by atoms with Gasteiger partial charge in [0.15, 0.2) is 0 Å². The highest BCUT2D eigenvalue weighted by Gasteiger charge is 2.38. The topological polar surface area (TPSA) is 37.3 Å². The van der Waals surface area contributed by atoms with Crippen LogP contribution in [0.2, 0.25) is 0 Å². The van der Waals surface area contributed by atoms with Gasteiger partial charge in [-0.2, -0.15) is 0 Å². The smallest absolute Gasteiger partial charge is 0.270 e. The standard InChI is InChI=1S/C17H25N3O/c21-17(19-11-13-3-1-4-14(13)12-19)16-5-2-10-20(16)15-6-8-18-9-7-15/h2,5,10,13-15,18H,1,3-4,6-9,11-12H2. The van der Waals surface area contributed by atoms with Crippen molar-refractivity contribution >= 4 is 5.91 Å². The Morgan fingerprint density at radius 2 is 1.81 bits per heavy atom. The molecule has 3 aliphatic rings. The van der Waals surface area contributed by atoms with Crippen molar-refractivity contribution in [3.8, 4) is 0 Å². The highest BCUT2D eigenvalue weighted by Crippen LogP contribution is 2.38. The van der Waals surface area contributed by atoms with Crippen LogP contribution in [-0.2, 0) is 0 Å². The summed E-state index contributed by atoms with van der Waals surface area (Å²) in [5.74, 6) is 1.81. The van der Waals surface area contributed by atoms with Gasteiger partial charge in [0.05, 0.1) is 0 Å². The Kier molecular flexibility index (Phi) is 3.49. The summed E-state index contributed by atoms with van der Waals surface area (Å²) < 4.78 is 2.23. The summed E-state index contributed by atoms with van der Waals surface area (Å²) in [4.78, 5) is 15.0. The van der Waals surface area contributed by atoms with E-state index in [1.54, 1.807) is 0 Å². The minimum atomic E-state index is 0.257. The predicted molar refractivity (Wildman–Crippen MR) is 82.3 cm³/mol. The maximum absolute atomic E-state index is 12.9. The Hall–Kier alpha value is -1.29. The average Bonchev–Trinajstić information content (AvgIpc) is 3.22. The lowest BCUT2D eigenvalue weighted by Gasteiger charge is -2.27. The molecule has 114 valence electrons. The van der Waals surface area contributed by atoms with Crippen LogP contribution in [-0.4, -0.2) is 41.6 Å². The van der Waals surface area contributed by atoms with E-state index in [2.05, 4.69) is 21.0 Å². The quantitative estimate of drug-likeness (QED) is 0.906. The summed E-state index contributed by atoms with van der Waals surface area (Å²) >= 11 is 0. The molecule has 1 aromatic heterocycles. The van der Waals surface area contributed by atoms with Crippen LogP contribution >= 0.6 is 0 Å². The molecular formula is C17H25N3O. The molecule has 1 saturated carbocycles. The number of carbonyl (C=O) groups excluding carboxylic acids is 1. The Morgan fingerprint density at radius 1 is 1.10 bits per heavy atom. The zero-order valence-electron chi connectivity index (χ0n) is 12.6. The molecule has 1 aliphatic carbocycles. The van der Waals surface area contributed by atoms with Crippen LogP contribution in [0.15, 0.2) is 18.3 Å². The fourth-order valence-electron chi connectivity index (χ4n) is 4.54. The van der Waals surface area contributed by atoms with Gasteiger partial charge in [-0.15, -0.1) is 0 Å². The molecule has 4 heteroatoms. The minimum Gasteiger partial charge on any atom is -0.340 e. The molecule has 1 aromatic rings. The number of nitrogens with one attached hydrogen (secondary N) is 1. The fraction of sp³-hybridized carbons (Fsp3) is 0.706. The van der Waals surface area contributed by atoms with E-state index in [4.69, 9.17) is 0 Å². The predicted octanol–water partition coefficient (Wildman–Crippen LogP) is 2.28. The number of carbonyl (C=O) groups is 1. The fourth-order valence-corrected chi connectivity index (χ4v) is 4.54. The van der Waals surface area contributed by atoms with E-state index in [1.807, 2.05) is 12.1 Å². The second-order valence-corrected chi connectivity index (χ2v) is 6.94. The van der Waals surface area contributed by atoms with Crippen LogP contribution in [0.25, 0.3) is 0 Å². The third-order valence-corrected chi connectivity index (χ3v) is 5.71. The van der Waals surface area contributed by atoms with Gasteiger partial charge in [-0.25, -0.2) is 0 Å². The number of rotatable bonds is 2. The number of hydrogen-bond acceptors (Lipinski definition) is 2. The van der Waals surface area contributed by atoms with Gasteiger partial charge in [0.2, 0.25) is 0 Å². The molecule has 0 spiro atoms. The van der Waals surface area contributed by atoms with Crippen molar-refractivity contribution in [2.45, 2.75) is 38.1 Å². The van der Waals surface area contributed by atoms with E-state index in [1.165, 1.54) is 19.3 Å². The van der Waals surface area contributed by atoms with E-state index in [9.17, 15) is 4.79 Å². The van der Waals surface area contributed by atoms with Crippen molar-refractivity contribution in [3.63, 3.8) is 0 Å². The molecule has 3 fully saturated rings. The number of aromatic nitrogens is 1. The molecule has 3 heterocycles. The normalized spacial score (nSPS) is 29.8. The molecular weight excluding hydrogens is 262 g/mol. The molecule has 4 nitrogen and oxygen atoms in total. The van der Waals surface area contributed by atoms with Gasteiger partial charge < -0.3 is 14.8 Å². The maximum Gasteiger partial charge on any atom is 0.270 e. The van der Waals surface area contributed by atoms with E-state index >= 15 is 0 Å². The van der Waals surface area contributed by atoms with Crippen LogP contribution in [0.1, 0.15) is 48.6 Å². The average molecular weight is 287 g/mol. The molecule has 2 atom stereocenters. The monoisotopic (exact) mass is 287 g/mol. The number of nitrogens with zero attached hydrogens (tertiary/aromatic N) is 2. The number of fused-ring (bicyclic) bond motifs is 1. The van der Waals surface area contributed by atoms with Crippen LogP contribution in [0.4, 0.5) is 0 Å². The highest BCUT2D eigenvalue weighted by atomic mass is 16.2. The van der Waals surface area contributed by atoms with Crippen LogP contribution in [0, 0.1) is 11.8 Å². The third kappa shape index (κ3) is 2.39. The molecule has 4 rings (SSSR count). The SMILES string of the molecule is O=C(c1cccn1C1CCNCC1)N1CC2CCCC2C1. The molecule has 2 unspecified atom stereocenters. The van der Waals surface area contributed by atoms with Crippen molar-refractivity contribution < 1.29 is 4.79 Å². The molecule has 2 saturated heterocycles. The first-order valence-electron chi connectivity index (χ1n) is 8.50. The zero-order chi connectivity index (χ0) is 14.2. The molecule has 21 heavy (non-hydrogen) atoms. The van der Waals surface area contributed by atoms with Crippen LogP contribution < -0.4 is 5.32 Å². The molecule has 0 radical (unpaired) electrons. The molecule has 1 amide bonds. The Labute approximate surface area is 126 Å². The van der Waals surface area contributed by atoms with Gasteiger partial charge in [-0.3, -0.25) is 4.79 Å². The first-order chi connectivity index (χ1) is 10.3. The highest BCUT2D eigenvalue weighted by molar-refractivity contribution is 5.93. The van der Waals surface area contributed by atoms with Crippen molar-refractivity contribution in [1.29, 1.82) is 0 Å². The van der Waals surface area contributed by atoms with Gasteiger partial charge in [-0.1, -0.05) is 6.42 Å². The van der Waals surface area contributed by atoms with E-state index in [0.717, 1.165) is 56.6 Å².